The molecule has 0 unspecified atom stereocenters. The minimum Gasteiger partial charge on any atom is -0.435 e. The Balaban J connectivity index is 1.31. The molecule has 0 atom stereocenters. The second kappa shape index (κ2) is 10.4. The van der Waals surface area contributed by atoms with Gasteiger partial charge < -0.3 is 19.6 Å². The van der Waals surface area contributed by atoms with Crippen LogP contribution in [0.5, 0.6) is 11.6 Å². The molecule has 0 radical (unpaired) electrons. The number of benzene rings is 3. The Morgan fingerprint density at radius 1 is 1.07 bits per heavy atom. The average Bonchev–Trinajstić information content (AvgIpc) is 3.43. The lowest BCUT2D eigenvalue weighted by Gasteiger charge is -2.15. The second-order valence-electron chi connectivity index (χ2n) is 10.0. The zero-order chi connectivity index (χ0) is 29.5. The highest BCUT2D eigenvalue weighted by atomic mass is 19.1. The molecule has 0 aliphatic heterocycles. The van der Waals surface area contributed by atoms with Crippen LogP contribution in [0.25, 0.3) is 38.6 Å². The van der Waals surface area contributed by atoms with Crippen molar-refractivity contribution in [1.82, 2.24) is 19.5 Å². The van der Waals surface area contributed by atoms with Crippen LogP contribution in [-0.2, 0) is 7.05 Å². The maximum Gasteiger partial charge on any atom is 0.261 e. The van der Waals surface area contributed by atoms with Crippen molar-refractivity contribution >= 4 is 39.1 Å². The summed E-state index contributed by atoms with van der Waals surface area (Å²) in [6, 6.07) is 19.2. The summed E-state index contributed by atoms with van der Waals surface area (Å²) in [7, 11) is 1.79. The number of hydrogen-bond donors (Lipinski definition) is 2. The second-order valence-corrected chi connectivity index (χ2v) is 10.0. The summed E-state index contributed by atoms with van der Waals surface area (Å²) in [5, 5.41) is 3.67. The number of nitrogens with zero attached hydrogens (tertiary/aromatic N) is 3. The fourth-order valence-corrected chi connectivity index (χ4v) is 5.01. The smallest absolute Gasteiger partial charge is 0.261 e. The van der Waals surface area contributed by atoms with E-state index in [2.05, 4.69) is 26.8 Å². The van der Waals surface area contributed by atoms with E-state index in [-0.39, 0.29) is 22.9 Å². The van der Waals surface area contributed by atoms with E-state index in [9.17, 15) is 9.59 Å². The van der Waals surface area contributed by atoms with E-state index >= 15 is 4.39 Å². The number of anilines is 1. The molecule has 1 amide bonds. The summed E-state index contributed by atoms with van der Waals surface area (Å²) in [5.41, 5.74) is 4.82. The molecule has 3 aromatic heterocycles. The van der Waals surface area contributed by atoms with E-state index in [0.29, 0.717) is 27.6 Å². The molecule has 0 spiro atoms. The lowest BCUT2D eigenvalue weighted by molar-refractivity contribution is 0.102. The minimum absolute atomic E-state index is 0.0196. The van der Waals surface area contributed by atoms with Crippen molar-refractivity contribution < 1.29 is 13.9 Å². The number of fused-ring (bicyclic) bond motifs is 2. The molecule has 0 saturated heterocycles. The molecule has 0 aliphatic rings. The number of pyridine rings is 1. The summed E-state index contributed by atoms with van der Waals surface area (Å²) in [6.07, 6.45) is 3.14. The van der Waals surface area contributed by atoms with E-state index in [1.165, 1.54) is 18.5 Å². The Morgan fingerprint density at radius 2 is 1.86 bits per heavy atom. The third-order valence-electron chi connectivity index (χ3n) is 7.33. The number of aromatic nitrogens is 4. The maximum atomic E-state index is 15.3. The fourth-order valence-electron chi connectivity index (χ4n) is 5.01. The van der Waals surface area contributed by atoms with Gasteiger partial charge in [-0.3, -0.25) is 9.59 Å². The third kappa shape index (κ3) is 4.60. The first-order valence-corrected chi connectivity index (χ1v) is 13.2. The Hall–Kier alpha value is -5.57. The van der Waals surface area contributed by atoms with Crippen molar-refractivity contribution in [2.45, 2.75) is 13.8 Å². The Labute approximate surface area is 240 Å². The standard InChI is InChI=1S/C33H26FN5O3/c1-18(2)21-10-12-26-23(14-21)30(40)28(19(3)39(26)4)32(41)38-22-11-13-27(25(34)15-22)42-33-29-24(20-8-6-5-7-9-20)16-35-31(29)36-17-37-33/h5-17H,1H2,2-4H3,(H,38,41)(H,35,36,37). The normalized spacial score (nSPS) is 11.1. The molecule has 3 heterocycles. The van der Waals surface area contributed by atoms with Gasteiger partial charge >= 0.3 is 0 Å². The van der Waals surface area contributed by atoms with E-state index in [1.54, 1.807) is 30.8 Å². The Bertz CT molecular complexity index is 2100. The van der Waals surface area contributed by atoms with Gasteiger partial charge in [0.15, 0.2) is 11.6 Å². The zero-order valence-corrected chi connectivity index (χ0v) is 23.2. The number of hydrogen-bond acceptors (Lipinski definition) is 5. The number of carbonyl (C=O) groups is 1. The summed E-state index contributed by atoms with van der Waals surface area (Å²) in [4.78, 5) is 38.4. The monoisotopic (exact) mass is 559 g/mol. The van der Waals surface area contributed by atoms with E-state index < -0.39 is 17.2 Å². The number of aromatic amines is 1. The molecule has 3 aromatic carbocycles. The topological polar surface area (TPSA) is 102 Å². The van der Waals surface area contributed by atoms with E-state index in [4.69, 9.17) is 4.74 Å². The summed E-state index contributed by atoms with van der Waals surface area (Å²) < 4.78 is 23.0. The number of nitrogens with one attached hydrogen (secondary N) is 2. The first-order chi connectivity index (χ1) is 20.2. The van der Waals surface area contributed by atoms with Crippen LogP contribution in [-0.4, -0.2) is 25.4 Å². The molecule has 6 rings (SSSR count). The first kappa shape index (κ1) is 26.6. The lowest BCUT2D eigenvalue weighted by Crippen LogP contribution is -2.26. The van der Waals surface area contributed by atoms with Crippen LogP contribution in [0.15, 0.2) is 90.6 Å². The fraction of sp³-hybridized carbons (Fsp3) is 0.0909. The van der Waals surface area contributed by atoms with Crippen LogP contribution in [0.3, 0.4) is 0 Å². The third-order valence-corrected chi connectivity index (χ3v) is 7.33. The Kier molecular flexibility index (Phi) is 6.62. The van der Waals surface area contributed by atoms with Crippen molar-refractivity contribution in [2.24, 2.45) is 7.05 Å². The van der Waals surface area contributed by atoms with Gasteiger partial charge in [-0.25, -0.2) is 14.4 Å². The van der Waals surface area contributed by atoms with Crippen LogP contribution in [0, 0.1) is 12.7 Å². The average molecular weight is 560 g/mol. The molecular weight excluding hydrogens is 533 g/mol. The van der Waals surface area contributed by atoms with Gasteiger partial charge in [0.25, 0.3) is 5.91 Å². The molecule has 0 bridgehead atoms. The van der Waals surface area contributed by atoms with Crippen LogP contribution in [0.2, 0.25) is 0 Å². The number of halogens is 1. The van der Waals surface area contributed by atoms with Gasteiger partial charge in [-0.15, -0.1) is 0 Å². The highest BCUT2D eigenvalue weighted by molar-refractivity contribution is 6.07. The van der Waals surface area contributed by atoms with Crippen LogP contribution in [0.4, 0.5) is 10.1 Å². The van der Waals surface area contributed by atoms with Gasteiger partial charge in [-0.1, -0.05) is 48.6 Å². The molecule has 8 nitrogen and oxygen atoms in total. The van der Waals surface area contributed by atoms with Gasteiger partial charge in [0.05, 0.1) is 10.9 Å². The van der Waals surface area contributed by atoms with E-state index in [1.807, 2.05) is 49.4 Å². The number of H-pyrrole nitrogens is 1. The number of rotatable bonds is 6. The van der Waals surface area contributed by atoms with Crippen LogP contribution < -0.4 is 15.5 Å². The highest BCUT2D eigenvalue weighted by Gasteiger charge is 2.21. The number of allylic oxidation sites excluding steroid dienone is 1. The van der Waals surface area contributed by atoms with Crippen molar-refractivity contribution in [3.8, 4) is 22.8 Å². The molecule has 6 aromatic rings. The quantitative estimate of drug-likeness (QED) is 0.229. The number of ether oxygens (including phenoxy) is 1. The minimum atomic E-state index is -0.717. The van der Waals surface area contributed by atoms with Crippen LogP contribution in [0.1, 0.15) is 28.5 Å². The summed E-state index contributed by atoms with van der Waals surface area (Å²) in [6.45, 7) is 7.50. The number of amides is 1. The molecule has 42 heavy (non-hydrogen) atoms. The molecule has 2 N–H and O–H groups in total. The molecule has 208 valence electrons. The molecule has 9 heteroatoms. The molecule has 0 fully saturated rings. The molecular formula is C33H26FN5O3. The van der Waals surface area contributed by atoms with E-state index in [0.717, 1.165) is 28.3 Å². The van der Waals surface area contributed by atoms with Crippen molar-refractivity contribution in [3.63, 3.8) is 0 Å². The highest BCUT2D eigenvalue weighted by Crippen LogP contribution is 2.36. The van der Waals surface area contributed by atoms with Crippen LogP contribution >= 0.6 is 0 Å². The predicted molar refractivity (Wildman–Crippen MR) is 162 cm³/mol. The number of aryl methyl sites for hydroxylation is 1. The van der Waals surface area contributed by atoms with Gasteiger partial charge in [0.2, 0.25) is 11.3 Å². The Morgan fingerprint density at radius 3 is 2.60 bits per heavy atom. The number of carbonyl (C=O) groups excluding carboxylic acids is 1. The van der Waals surface area contributed by atoms with Crippen molar-refractivity contribution in [2.75, 3.05) is 5.32 Å². The van der Waals surface area contributed by atoms with Gasteiger partial charge in [-0.2, -0.15) is 0 Å². The summed E-state index contributed by atoms with van der Waals surface area (Å²) >= 11 is 0. The lowest BCUT2D eigenvalue weighted by atomic mass is 10.0. The summed E-state index contributed by atoms with van der Waals surface area (Å²) in [5.74, 6) is -1.26. The van der Waals surface area contributed by atoms with Crippen molar-refractivity contribution in [1.29, 1.82) is 0 Å². The first-order valence-electron chi connectivity index (χ1n) is 13.2. The van der Waals surface area contributed by atoms with Gasteiger partial charge in [0.1, 0.15) is 17.5 Å². The maximum absolute atomic E-state index is 15.3. The van der Waals surface area contributed by atoms with Gasteiger partial charge in [0, 0.05) is 41.6 Å². The molecule has 0 saturated carbocycles. The van der Waals surface area contributed by atoms with Gasteiger partial charge in [-0.05, 0) is 49.2 Å². The predicted octanol–water partition coefficient (Wildman–Crippen LogP) is 7.00. The SMILES string of the molecule is C=C(C)c1ccc2c(c1)c(=O)c(C(=O)Nc1ccc(Oc3ncnc4[nH]cc(-c5ccccc5)c34)c(F)c1)c(C)n2C. The zero-order valence-electron chi connectivity index (χ0n) is 23.2. The molecule has 0 aliphatic carbocycles. The largest absolute Gasteiger partial charge is 0.435 e. The van der Waals surface area contributed by atoms with Crippen molar-refractivity contribution in [3.05, 3.63) is 119 Å².